The summed E-state index contributed by atoms with van der Waals surface area (Å²) in [6, 6.07) is 2.16. The zero-order valence-corrected chi connectivity index (χ0v) is 10.9. The van der Waals surface area contributed by atoms with E-state index in [1.165, 1.54) is 0 Å². The molecule has 4 nitrogen and oxygen atoms in total. The summed E-state index contributed by atoms with van der Waals surface area (Å²) >= 11 is 0. The molecule has 0 aromatic carbocycles. The summed E-state index contributed by atoms with van der Waals surface area (Å²) in [4.78, 5) is 11.0. The molecule has 0 fully saturated rings. The first-order valence-corrected chi connectivity index (χ1v) is 5.72. The first-order chi connectivity index (χ1) is 7.40. The second-order valence-corrected chi connectivity index (χ2v) is 4.75. The number of rotatable bonds is 4. The number of aromatic nitrogens is 2. The van der Waals surface area contributed by atoms with Gasteiger partial charge < -0.3 is 10.6 Å². The van der Waals surface area contributed by atoms with Crippen molar-refractivity contribution in [2.45, 2.75) is 39.7 Å². The fourth-order valence-electron chi connectivity index (χ4n) is 1.56. The third-order valence-corrected chi connectivity index (χ3v) is 2.36. The van der Waals surface area contributed by atoms with Gasteiger partial charge in [0, 0.05) is 31.0 Å². The molecule has 0 aliphatic heterocycles. The van der Waals surface area contributed by atoms with Crippen molar-refractivity contribution in [2.75, 3.05) is 18.5 Å². The van der Waals surface area contributed by atoms with Crippen molar-refractivity contribution in [1.29, 1.82) is 0 Å². The molecule has 2 N–H and O–H groups in total. The maximum Gasteiger partial charge on any atom is 0.225 e. The standard InChI is InChI=1S/C12H22N4/c1-8(2)11-6-10(4)14-12(15-11)16(5)7-9(3)13/h6,8-9H,7,13H2,1-5H3. The maximum atomic E-state index is 5.77. The molecule has 0 radical (unpaired) electrons. The molecule has 1 atom stereocenters. The van der Waals surface area contributed by atoms with E-state index in [1.54, 1.807) is 0 Å². The van der Waals surface area contributed by atoms with E-state index >= 15 is 0 Å². The van der Waals surface area contributed by atoms with Crippen molar-refractivity contribution in [3.8, 4) is 0 Å². The molecule has 0 bridgehead atoms. The third-order valence-electron chi connectivity index (χ3n) is 2.36. The Morgan fingerprint density at radius 2 is 1.94 bits per heavy atom. The number of nitrogens with zero attached hydrogens (tertiary/aromatic N) is 3. The van der Waals surface area contributed by atoms with Crippen molar-refractivity contribution in [1.82, 2.24) is 9.97 Å². The number of hydrogen-bond acceptors (Lipinski definition) is 4. The van der Waals surface area contributed by atoms with E-state index in [2.05, 4.69) is 23.8 Å². The van der Waals surface area contributed by atoms with Gasteiger partial charge in [0.05, 0.1) is 0 Å². The van der Waals surface area contributed by atoms with E-state index in [0.717, 1.165) is 23.9 Å². The summed E-state index contributed by atoms with van der Waals surface area (Å²) < 4.78 is 0. The van der Waals surface area contributed by atoms with Crippen LogP contribution in [0.5, 0.6) is 0 Å². The Hall–Kier alpha value is -1.16. The highest BCUT2D eigenvalue weighted by molar-refractivity contribution is 5.32. The van der Waals surface area contributed by atoms with E-state index in [1.807, 2.05) is 31.9 Å². The van der Waals surface area contributed by atoms with Crippen LogP contribution in [0.15, 0.2) is 6.07 Å². The summed E-state index contributed by atoms with van der Waals surface area (Å²) in [5, 5.41) is 0. The Morgan fingerprint density at radius 3 is 2.44 bits per heavy atom. The van der Waals surface area contributed by atoms with Gasteiger partial charge in [-0.15, -0.1) is 0 Å². The number of aryl methyl sites for hydroxylation is 1. The molecule has 0 aliphatic rings. The van der Waals surface area contributed by atoms with Gasteiger partial charge >= 0.3 is 0 Å². The monoisotopic (exact) mass is 222 g/mol. The summed E-state index contributed by atoms with van der Waals surface area (Å²) in [5.41, 5.74) is 7.86. The van der Waals surface area contributed by atoms with Crippen molar-refractivity contribution in [3.05, 3.63) is 17.5 Å². The molecule has 90 valence electrons. The highest BCUT2D eigenvalue weighted by atomic mass is 15.2. The average molecular weight is 222 g/mol. The first-order valence-electron chi connectivity index (χ1n) is 5.72. The fourth-order valence-corrected chi connectivity index (χ4v) is 1.56. The Labute approximate surface area is 97.9 Å². The molecule has 1 heterocycles. The molecule has 1 aromatic rings. The molecule has 1 aromatic heterocycles. The second kappa shape index (κ2) is 5.25. The van der Waals surface area contributed by atoms with Crippen LogP contribution in [0, 0.1) is 6.92 Å². The maximum absolute atomic E-state index is 5.77. The first kappa shape index (κ1) is 12.9. The lowest BCUT2D eigenvalue weighted by Crippen LogP contribution is -2.34. The summed E-state index contributed by atoms with van der Waals surface area (Å²) in [6.45, 7) is 9.02. The van der Waals surface area contributed by atoms with Crippen molar-refractivity contribution in [2.24, 2.45) is 5.73 Å². The van der Waals surface area contributed by atoms with Crippen molar-refractivity contribution < 1.29 is 0 Å². The van der Waals surface area contributed by atoms with E-state index in [0.29, 0.717) is 5.92 Å². The second-order valence-electron chi connectivity index (χ2n) is 4.75. The van der Waals surface area contributed by atoms with Crippen LogP contribution in [0.25, 0.3) is 0 Å². The molecule has 4 heteroatoms. The van der Waals surface area contributed by atoms with Crippen LogP contribution in [0.3, 0.4) is 0 Å². The van der Waals surface area contributed by atoms with Gasteiger partial charge in [0.15, 0.2) is 0 Å². The van der Waals surface area contributed by atoms with Crippen molar-refractivity contribution >= 4 is 5.95 Å². The van der Waals surface area contributed by atoms with E-state index < -0.39 is 0 Å². The number of hydrogen-bond donors (Lipinski definition) is 1. The van der Waals surface area contributed by atoms with Gasteiger partial charge in [0.1, 0.15) is 0 Å². The minimum atomic E-state index is 0.122. The SMILES string of the molecule is Cc1cc(C(C)C)nc(N(C)CC(C)N)n1. The molecular weight excluding hydrogens is 200 g/mol. The highest BCUT2D eigenvalue weighted by Crippen LogP contribution is 2.16. The number of nitrogens with two attached hydrogens (primary N) is 1. The lowest BCUT2D eigenvalue weighted by atomic mass is 10.1. The van der Waals surface area contributed by atoms with Gasteiger partial charge in [-0.3, -0.25) is 0 Å². The highest BCUT2D eigenvalue weighted by Gasteiger charge is 2.10. The van der Waals surface area contributed by atoms with Gasteiger partial charge in [-0.25, -0.2) is 9.97 Å². The van der Waals surface area contributed by atoms with Crippen LogP contribution in [-0.2, 0) is 0 Å². The Morgan fingerprint density at radius 1 is 1.31 bits per heavy atom. The van der Waals surface area contributed by atoms with Crippen LogP contribution >= 0.6 is 0 Å². The third kappa shape index (κ3) is 3.45. The lowest BCUT2D eigenvalue weighted by Gasteiger charge is -2.20. The molecular formula is C12H22N4. The van der Waals surface area contributed by atoms with Crippen LogP contribution in [-0.4, -0.2) is 29.6 Å². The van der Waals surface area contributed by atoms with Gasteiger partial charge in [0.2, 0.25) is 5.95 Å². The molecule has 0 saturated heterocycles. The molecule has 16 heavy (non-hydrogen) atoms. The van der Waals surface area contributed by atoms with Crippen LogP contribution in [0.2, 0.25) is 0 Å². The normalized spacial score (nSPS) is 12.9. The van der Waals surface area contributed by atoms with Gasteiger partial charge in [0.25, 0.3) is 0 Å². The zero-order chi connectivity index (χ0) is 12.3. The molecule has 1 rings (SSSR count). The number of likely N-dealkylation sites (N-methyl/N-ethyl adjacent to an activating group) is 1. The summed E-state index contributed by atoms with van der Waals surface area (Å²) in [7, 11) is 1.97. The fraction of sp³-hybridized carbons (Fsp3) is 0.667. The van der Waals surface area contributed by atoms with Gasteiger partial charge in [-0.2, -0.15) is 0 Å². The smallest absolute Gasteiger partial charge is 0.225 e. The summed E-state index contributed by atoms with van der Waals surface area (Å²) in [6.07, 6.45) is 0. The van der Waals surface area contributed by atoms with E-state index in [9.17, 15) is 0 Å². The van der Waals surface area contributed by atoms with Crippen LogP contribution in [0.4, 0.5) is 5.95 Å². The summed E-state index contributed by atoms with van der Waals surface area (Å²) in [5.74, 6) is 1.19. The van der Waals surface area contributed by atoms with Gasteiger partial charge in [-0.05, 0) is 25.8 Å². The average Bonchev–Trinajstić information content (AvgIpc) is 2.15. The molecule has 1 unspecified atom stereocenters. The Bertz CT molecular complexity index is 347. The van der Waals surface area contributed by atoms with Crippen LogP contribution < -0.4 is 10.6 Å². The minimum absolute atomic E-state index is 0.122. The minimum Gasteiger partial charge on any atom is -0.342 e. The predicted octanol–water partition coefficient (Wildman–Crippen LogP) is 1.69. The molecule has 0 saturated carbocycles. The number of anilines is 1. The zero-order valence-electron chi connectivity index (χ0n) is 10.9. The van der Waals surface area contributed by atoms with Gasteiger partial charge in [-0.1, -0.05) is 13.8 Å². The topological polar surface area (TPSA) is 55.0 Å². The lowest BCUT2D eigenvalue weighted by molar-refractivity contribution is 0.696. The molecule has 0 aliphatic carbocycles. The van der Waals surface area contributed by atoms with Crippen molar-refractivity contribution in [3.63, 3.8) is 0 Å². The predicted molar refractivity (Wildman–Crippen MR) is 67.8 cm³/mol. The molecule has 0 spiro atoms. The Balaban J connectivity index is 2.95. The van der Waals surface area contributed by atoms with E-state index in [-0.39, 0.29) is 6.04 Å². The van der Waals surface area contributed by atoms with Crippen LogP contribution in [0.1, 0.15) is 38.1 Å². The Kier molecular flexibility index (Phi) is 4.24. The molecule has 0 amide bonds. The largest absolute Gasteiger partial charge is 0.342 e. The van der Waals surface area contributed by atoms with E-state index in [4.69, 9.17) is 5.73 Å². The quantitative estimate of drug-likeness (QED) is 0.842.